The second-order valence-corrected chi connectivity index (χ2v) is 17.8. The van der Waals surface area contributed by atoms with Crippen LogP contribution in [0.2, 0.25) is 0 Å². The molecule has 0 saturated carbocycles. The number of rotatable bonds is 38. The second-order valence-electron chi connectivity index (χ2n) is 17.8. The van der Waals surface area contributed by atoms with E-state index in [4.69, 9.17) is 28.7 Å². The number of nitrogens with one attached hydrogen (secondary N) is 8. The molecule has 0 aromatic heterocycles. The maximum absolute atomic E-state index is 14.1. The number of hydrogen-bond donors (Lipinski definition) is 16. The van der Waals surface area contributed by atoms with Gasteiger partial charge in [-0.2, -0.15) is 0 Å². The molecular weight excluding hydrogens is 935 g/mol. The fraction of sp³-hybridized carbons (Fsp3) is 0.750. The molecule has 0 aromatic rings. The Kier molecular flexibility index (Phi) is 32.1. The van der Waals surface area contributed by atoms with Gasteiger partial charge in [0.15, 0.2) is 0 Å². The lowest BCUT2D eigenvalue weighted by atomic mass is 10.0. The van der Waals surface area contributed by atoms with Crippen molar-refractivity contribution in [3.05, 3.63) is 0 Å². The van der Waals surface area contributed by atoms with E-state index in [0.717, 1.165) is 13.8 Å². The summed E-state index contributed by atoms with van der Waals surface area (Å²) in [5, 5.41) is 50.2. The SMILES string of the molecule is CC(=O)N[C@@H](CCCCN)C(=O)N[C@@H](CC(C)C)C(=O)N[C@@H](CCCCN)C(=O)N[C@@H](CCCCN)C(=O)N[C@H](C(=O)N[C@@H](CCC(=O)O)C(=O)N[C@H](C(=O)N[C@@H](CCC(N)=O)C(N)=O)[C@@H](C)O)[C@@H](C)O. The number of carboxylic acid groups (broad SMARTS) is 1. The minimum absolute atomic E-state index is 0.0406. The molecule has 27 nitrogen and oxygen atoms in total. The molecule has 406 valence electrons. The van der Waals surface area contributed by atoms with Crippen molar-refractivity contribution < 1.29 is 68.1 Å². The highest BCUT2D eigenvalue weighted by atomic mass is 16.4. The van der Waals surface area contributed by atoms with E-state index in [1.807, 2.05) is 13.8 Å². The molecule has 27 heteroatoms. The van der Waals surface area contributed by atoms with E-state index in [2.05, 4.69) is 42.5 Å². The summed E-state index contributed by atoms with van der Waals surface area (Å²) in [6, 6.07) is -11.7. The van der Waals surface area contributed by atoms with E-state index in [9.17, 15) is 68.1 Å². The van der Waals surface area contributed by atoms with Crippen LogP contribution in [0.3, 0.4) is 0 Å². The molecule has 0 aliphatic rings. The third kappa shape index (κ3) is 27.2. The molecule has 0 bridgehead atoms. The lowest BCUT2D eigenvalue weighted by Crippen LogP contribution is -2.62. The zero-order valence-electron chi connectivity index (χ0n) is 41.6. The van der Waals surface area contributed by atoms with E-state index < -0.39 is 138 Å². The van der Waals surface area contributed by atoms with Gasteiger partial charge in [-0.1, -0.05) is 13.8 Å². The van der Waals surface area contributed by atoms with Crippen LogP contribution in [0.1, 0.15) is 125 Å². The molecule has 21 N–H and O–H groups in total. The molecule has 10 atom stereocenters. The highest BCUT2D eigenvalue weighted by Gasteiger charge is 2.37. The van der Waals surface area contributed by atoms with Crippen LogP contribution >= 0.6 is 0 Å². The van der Waals surface area contributed by atoms with E-state index in [1.54, 1.807) is 0 Å². The summed E-state index contributed by atoms with van der Waals surface area (Å²) < 4.78 is 0. The van der Waals surface area contributed by atoms with Crippen LogP contribution in [0.25, 0.3) is 0 Å². The number of aliphatic hydroxyl groups excluding tert-OH is 2. The molecule has 0 aromatic carbocycles. The first-order valence-electron chi connectivity index (χ1n) is 23.9. The molecular formula is C44H81N13O14. The highest BCUT2D eigenvalue weighted by molar-refractivity contribution is 5.98. The lowest BCUT2D eigenvalue weighted by molar-refractivity contribution is -0.139. The molecule has 71 heavy (non-hydrogen) atoms. The molecule has 0 saturated heterocycles. The molecule has 0 fully saturated rings. The van der Waals surface area contributed by atoms with Crippen LogP contribution < -0.4 is 71.2 Å². The van der Waals surface area contributed by atoms with Gasteiger partial charge in [-0.15, -0.1) is 0 Å². The maximum Gasteiger partial charge on any atom is 0.303 e. The maximum atomic E-state index is 14.1. The van der Waals surface area contributed by atoms with Gasteiger partial charge in [0.25, 0.3) is 0 Å². The van der Waals surface area contributed by atoms with Crippen LogP contribution in [-0.2, 0) is 52.7 Å². The van der Waals surface area contributed by atoms with Crippen LogP contribution in [0.15, 0.2) is 0 Å². The normalized spacial score (nSPS) is 15.4. The van der Waals surface area contributed by atoms with E-state index in [1.165, 1.54) is 6.92 Å². The van der Waals surface area contributed by atoms with Crippen molar-refractivity contribution in [2.24, 2.45) is 34.6 Å². The fourth-order valence-electron chi connectivity index (χ4n) is 7.00. The Labute approximate surface area is 414 Å². The van der Waals surface area contributed by atoms with E-state index >= 15 is 0 Å². The molecule has 0 spiro atoms. The summed E-state index contributed by atoms with van der Waals surface area (Å²) in [5.74, 6) is -10.6. The third-order valence-electron chi connectivity index (χ3n) is 10.9. The quantitative estimate of drug-likeness (QED) is 0.0257. The Hall–Kier alpha value is -6.03. The first-order chi connectivity index (χ1) is 33.3. The smallest absolute Gasteiger partial charge is 0.303 e. The summed E-state index contributed by atoms with van der Waals surface area (Å²) in [6.45, 7) is 7.93. The van der Waals surface area contributed by atoms with Crippen LogP contribution in [0.5, 0.6) is 0 Å². The number of carbonyl (C=O) groups is 11. The third-order valence-corrected chi connectivity index (χ3v) is 10.9. The first kappa shape index (κ1) is 65.0. The Morgan fingerprint density at radius 3 is 1.08 bits per heavy atom. The molecule has 10 amide bonds. The molecule has 0 radical (unpaired) electrons. The number of amides is 10. The summed E-state index contributed by atoms with van der Waals surface area (Å²) in [4.78, 5) is 143. The van der Waals surface area contributed by atoms with Crippen molar-refractivity contribution in [2.75, 3.05) is 19.6 Å². The monoisotopic (exact) mass is 1020 g/mol. The summed E-state index contributed by atoms with van der Waals surface area (Å²) in [5.41, 5.74) is 27.5. The number of unbranched alkanes of at least 4 members (excludes halogenated alkanes) is 3. The van der Waals surface area contributed by atoms with E-state index in [-0.39, 0.29) is 64.0 Å². The summed E-state index contributed by atoms with van der Waals surface area (Å²) in [6.07, 6.45) is -2.40. The van der Waals surface area contributed by atoms with Gasteiger partial charge in [0, 0.05) is 19.8 Å². The highest BCUT2D eigenvalue weighted by Crippen LogP contribution is 2.12. The van der Waals surface area contributed by atoms with Gasteiger partial charge >= 0.3 is 5.97 Å². The Morgan fingerprint density at radius 2 is 0.746 bits per heavy atom. The van der Waals surface area contributed by atoms with Gasteiger partial charge in [-0.05, 0) is 116 Å². The molecule has 0 aliphatic carbocycles. The Balaban J connectivity index is 6.65. The van der Waals surface area contributed by atoms with Crippen LogP contribution in [0, 0.1) is 5.92 Å². The van der Waals surface area contributed by atoms with Gasteiger partial charge in [-0.25, -0.2) is 0 Å². The molecule has 0 unspecified atom stereocenters. The average molecular weight is 1020 g/mol. The van der Waals surface area contributed by atoms with Crippen molar-refractivity contribution in [1.82, 2.24) is 42.5 Å². The number of carbonyl (C=O) groups excluding carboxylic acids is 10. The largest absolute Gasteiger partial charge is 0.481 e. The van der Waals surface area contributed by atoms with Gasteiger partial charge in [0.1, 0.15) is 48.3 Å². The minimum atomic E-state index is -1.86. The number of aliphatic carboxylic acids is 1. The van der Waals surface area contributed by atoms with Gasteiger partial charge < -0.3 is 86.5 Å². The fourth-order valence-corrected chi connectivity index (χ4v) is 7.00. The summed E-state index contributed by atoms with van der Waals surface area (Å²) in [7, 11) is 0. The number of hydrogen-bond acceptors (Lipinski definition) is 16. The Bertz CT molecular complexity index is 1770. The zero-order valence-corrected chi connectivity index (χ0v) is 41.6. The van der Waals surface area contributed by atoms with Gasteiger partial charge in [0.05, 0.1) is 12.2 Å². The molecule has 0 heterocycles. The minimum Gasteiger partial charge on any atom is -0.481 e. The Morgan fingerprint density at radius 1 is 0.423 bits per heavy atom. The topological polar surface area (TPSA) is 475 Å². The van der Waals surface area contributed by atoms with Crippen LogP contribution in [-0.4, -0.2) is 161 Å². The average Bonchev–Trinajstić information content (AvgIpc) is 3.27. The number of aliphatic hydroxyl groups is 2. The number of primary amides is 2. The standard InChI is InChI=1S/C44H81N13O14/c1-23(2)22-32(55-38(65)28(50-26(5)60)12-6-9-19-45)42(69)53-29(13-7-10-20-46)39(66)52-30(14-8-11-21-47)40(67)56-36(25(4)59)44(71)54-31(16-18-34(62)63)41(68)57-35(24(3)58)43(70)51-27(37(49)64)15-17-33(48)61/h23-25,27-32,35-36,58-59H,6-22,45-47H2,1-5H3,(H2,48,61)(H2,49,64)(H,50,60)(H,51,70)(H,52,66)(H,53,69)(H,54,71)(H,55,65)(H,56,67)(H,57,68)(H,62,63)/t24-,25-,27+,28+,29+,30+,31+,32+,35+,36+/m1/s1. The van der Waals surface area contributed by atoms with Crippen molar-refractivity contribution in [3.8, 4) is 0 Å². The number of nitrogens with two attached hydrogens (primary N) is 5. The second kappa shape index (κ2) is 35.1. The van der Waals surface area contributed by atoms with Crippen LogP contribution in [0.4, 0.5) is 0 Å². The molecule has 0 rings (SSSR count). The van der Waals surface area contributed by atoms with Gasteiger partial charge in [0.2, 0.25) is 59.1 Å². The zero-order chi connectivity index (χ0) is 54.4. The van der Waals surface area contributed by atoms with Crippen molar-refractivity contribution >= 4 is 65.0 Å². The summed E-state index contributed by atoms with van der Waals surface area (Å²) >= 11 is 0. The number of carboxylic acids is 1. The van der Waals surface area contributed by atoms with Gasteiger partial charge in [-0.3, -0.25) is 52.7 Å². The van der Waals surface area contributed by atoms with Crippen molar-refractivity contribution in [1.29, 1.82) is 0 Å². The molecule has 0 aliphatic heterocycles. The van der Waals surface area contributed by atoms with E-state index in [0.29, 0.717) is 38.6 Å². The first-order valence-corrected chi connectivity index (χ1v) is 23.9. The predicted octanol–water partition coefficient (Wildman–Crippen LogP) is -5.31. The predicted molar refractivity (Wildman–Crippen MR) is 257 cm³/mol. The lowest BCUT2D eigenvalue weighted by Gasteiger charge is -2.29. The van der Waals surface area contributed by atoms with Crippen molar-refractivity contribution in [3.63, 3.8) is 0 Å². The van der Waals surface area contributed by atoms with Crippen molar-refractivity contribution in [2.45, 2.75) is 185 Å².